The summed E-state index contributed by atoms with van der Waals surface area (Å²) in [5.41, 5.74) is 6.52. The Labute approximate surface area is 94.7 Å². The summed E-state index contributed by atoms with van der Waals surface area (Å²) >= 11 is 0. The van der Waals surface area contributed by atoms with E-state index >= 15 is 0 Å². The maximum absolute atomic E-state index is 11.7. The molecule has 0 aromatic carbocycles. The molecule has 1 atom stereocenters. The van der Waals surface area contributed by atoms with Gasteiger partial charge in [0.25, 0.3) is 5.56 Å². The van der Waals surface area contributed by atoms with Crippen molar-refractivity contribution in [2.75, 3.05) is 24.5 Å². The number of aromatic nitrogens is 2. The standard InChI is InChI=1S/C11H18N4O/c1-8-5-13-9(10(16)14-8)15-4-3-11(2,6-12)7-15/h5H,3-4,6-7,12H2,1-2H3,(H,14,16). The van der Waals surface area contributed by atoms with Gasteiger partial charge in [-0.15, -0.1) is 0 Å². The smallest absolute Gasteiger partial charge is 0.291 e. The van der Waals surface area contributed by atoms with E-state index in [-0.39, 0.29) is 11.0 Å². The van der Waals surface area contributed by atoms with Gasteiger partial charge in [-0.1, -0.05) is 6.92 Å². The Kier molecular flexibility index (Phi) is 2.71. The van der Waals surface area contributed by atoms with Crippen molar-refractivity contribution >= 4 is 5.82 Å². The van der Waals surface area contributed by atoms with Gasteiger partial charge in [0.1, 0.15) is 0 Å². The Balaban J connectivity index is 2.24. The molecule has 0 amide bonds. The molecule has 5 heteroatoms. The number of nitrogens with one attached hydrogen (secondary N) is 1. The number of hydrogen-bond acceptors (Lipinski definition) is 4. The Hall–Kier alpha value is -1.36. The minimum Gasteiger partial charge on any atom is -0.351 e. The van der Waals surface area contributed by atoms with E-state index in [9.17, 15) is 4.79 Å². The summed E-state index contributed by atoms with van der Waals surface area (Å²) in [6, 6.07) is 0. The minimum atomic E-state index is -0.110. The van der Waals surface area contributed by atoms with Crippen molar-refractivity contribution in [3.8, 4) is 0 Å². The van der Waals surface area contributed by atoms with Gasteiger partial charge >= 0.3 is 0 Å². The van der Waals surface area contributed by atoms with Crippen molar-refractivity contribution in [1.29, 1.82) is 0 Å². The summed E-state index contributed by atoms with van der Waals surface area (Å²) in [6.45, 7) is 6.28. The Bertz CT molecular complexity index is 442. The predicted molar refractivity (Wildman–Crippen MR) is 63.6 cm³/mol. The van der Waals surface area contributed by atoms with Crippen molar-refractivity contribution < 1.29 is 0 Å². The molecular formula is C11H18N4O. The van der Waals surface area contributed by atoms with Gasteiger partial charge in [0.15, 0.2) is 5.82 Å². The van der Waals surface area contributed by atoms with E-state index in [0.717, 1.165) is 25.2 Å². The summed E-state index contributed by atoms with van der Waals surface area (Å²) in [4.78, 5) is 20.7. The van der Waals surface area contributed by atoms with Crippen LogP contribution in [0, 0.1) is 12.3 Å². The first-order valence-electron chi connectivity index (χ1n) is 5.55. The molecule has 1 aromatic heterocycles. The van der Waals surface area contributed by atoms with Gasteiger partial charge < -0.3 is 15.6 Å². The molecule has 0 spiro atoms. The molecule has 0 bridgehead atoms. The fraction of sp³-hybridized carbons (Fsp3) is 0.636. The largest absolute Gasteiger partial charge is 0.351 e. The lowest BCUT2D eigenvalue weighted by Gasteiger charge is -2.22. The molecule has 2 rings (SSSR count). The van der Waals surface area contributed by atoms with Gasteiger partial charge in [-0.3, -0.25) is 4.79 Å². The number of nitrogens with two attached hydrogens (primary N) is 1. The quantitative estimate of drug-likeness (QED) is 0.752. The van der Waals surface area contributed by atoms with E-state index in [1.807, 2.05) is 11.8 Å². The first kappa shape index (κ1) is 11.1. The highest BCUT2D eigenvalue weighted by Crippen LogP contribution is 2.29. The van der Waals surface area contributed by atoms with Crippen LogP contribution < -0.4 is 16.2 Å². The Morgan fingerprint density at radius 2 is 2.44 bits per heavy atom. The van der Waals surface area contributed by atoms with Crippen molar-refractivity contribution in [2.45, 2.75) is 20.3 Å². The van der Waals surface area contributed by atoms with Gasteiger partial charge in [0, 0.05) is 25.0 Å². The first-order chi connectivity index (χ1) is 7.54. The number of aryl methyl sites for hydroxylation is 1. The molecule has 16 heavy (non-hydrogen) atoms. The summed E-state index contributed by atoms with van der Waals surface area (Å²) in [5.74, 6) is 0.516. The maximum atomic E-state index is 11.7. The number of anilines is 1. The van der Waals surface area contributed by atoms with E-state index in [1.165, 1.54) is 0 Å². The SMILES string of the molecule is Cc1cnc(N2CCC(C)(CN)C2)c(=O)[nH]1. The van der Waals surface area contributed by atoms with Gasteiger partial charge in [-0.2, -0.15) is 0 Å². The van der Waals surface area contributed by atoms with Crippen molar-refractivity contribution in [1.82, 2.24) is 9.97 Å². The molecule has 3 N–H and O–H groups in total. The molecule has 1 aromatic rings. The van der Waals surface area contributed by atoms with Crippen LogP contribution in [-0.4, -0.2) is 29.6 Å². The predicted octanol–water partition coefficient (Wildman–Crippen LogP) is 0.253. The van der Waals surface area contributed by atoms with Crippen molar-refractivity contribution in [3.63, 3.8) is 0 Å². The van der Waals surface area contributed by atoms with Crippen LogP contribution in [0.5, 0.6) is 0 Å². The summed E-state index contributed by atoms with van der Waals surface area (Å²) in [6.07, 6.45) is 2.70. The van der Waals surface area contributed by atoms with E-state index in [0.29, 0.717) is 12.4 Å². The number of H-pyrrole nitrogens is 1. The molecular weight excluding hydrogens is 204 g/mol. The molecule has 2 heterocycles. The highest BCUT2D eigenvalue weighted by molar-refractivity contribution is 5.38. The number of nitrogens with zero attached hydrogens (tertiary/aromatic N) is 2. The summed E-state index contributed by atoms with van der Waals surface area (Å²) in [7, 11) is 0. The third-order valence-corrected chi connectivity index (χ3v) is 3.24. The maximum Gasteiger partial charge on any atom is 0.291 e. The highest BCUT2D eigenvalue weighted by atomic mass is 16.1. The lowest BCUT2D eigenvalue weighted by molar-refractivity contribution is 0.383. The fourth-order valence-electron chi connectivity index (χ4n) is 2.08. The van der Waals surface area contributed by atoms with Crippen LogP contribution in [0.1, 0.15) is 19.0 Å². The van der Waals surface area contributed by atoms with Crippen LogP contribution in [0.4, 0.5) is 5.82 Å². The average Bonchev–Trinajstić information content (AvgIpc) is 2.62. The Morgan fingerprint density at radius 1 is 1.69 bits per heavy atom. The third-order valence-electron chi connectivity index (χ3n) is 3.24. The van der Waals surface area contributed by atoms with Crippen molar-refractivity contribution in [3.05, 3.63) is 22.2 Å². The number of aromatic amines is 1. The second-order valence-corrected chi connectivity index (χ2v) is 4.91. The second-order valence-electron chi connectivity index (χ2n) is 4.91. The van der Waals surface area contributed by atoms with E-state index in [4.69, 9.17) is 5.73 Å². The molecule has 1 unspecified atom stereocenters. The lowest BCUT2D eigenvalue weighted by atomic mass is 9.90. The zero-order valence-electron chi connectivity index (χ0n) is 9.79. The zero-order valence-corrected chi connectivity index (χ0v) is 9.79. The second kappa shape index (κ2) is 3.90. The number of rotatable bonds is 2. The zero-order chi connectivity index (χ0) is 11.8. The van der Waals surface area contributed by atoms with Crippen LogP contribution in [0.15, 0.2) is 11.0 Å². The first-order valence-corrected chi connectivity index (χ1v) is 5.55. The van der Waals surface area contributed by atoms with E-state index < -0.39 is 0 Å². The summed E-state index contributed by atoms with van der Waals surface area (Å²) in [5, 5.41) is 0. The number of hydrogen-bond donors (Lipinski definition) is 2. The van der Waals surface area contributed by atoms with Gasteiger partial charge in [-0.05, 0) is 25.3 Å². The van der Waals surface area contributed by atoms with E-state index in [2.05, 4.69) is 16.9 Å². The lowest BCUT2D eigenvalue weighted by Crippen LogP contribution is -2.34. The monoisotopic (exact) mass is 222 g/mol. The minimum absolute atomic E-state index is 0.110. The molecule has 0 radical (unpaired) electrons. The topological polar surface area (TPSA) is 75.0 Å². The molecule has 0 saturated carbocycles. The molecule has 1 aliphatic rings. The van der Waals surface area contributed by atoms with Gasteiger partial charge in [0.05, 0.1) is 0 Å². The van der Waals surface area contributed by atoms with Crippen LogP contribution in [0.2, 0.25) is 0 Å². The van der Waals surface area contributed by atoms with Crippen LogP contribution >= 0.6 is 0 Å². The fourth-order valence-corrected chi connectivity index (χ4v) is 2.08. The highest BCUT2D eigenvalue weighted by Gasteiger charge is 2.33. The average molecular weight is 222 g/mol. The normalized spacial score (nSPS) is 25.1. The molecule has 0 aliphatic carbocycles. The van der Waals surface area contributed by atoms with Crippen molar-refractivity contribution in [2.24, 2.45) is 11.1 Å². The Morgan fingerprint density at radius 3 is 3.00 bits per heavy atom. The molecule has 1 fully saturated rings. The van der Waals surface area contributed by atoms with Gasteiger partial charge in [-0.25, -0.2) is 4.98 Å². The van der Waals surface area contributed by atoms with Crippen LogP contribution in [0.3, 0.4) is 0 Å². The van der Waals surface area contributed by atoms with E-state index in [1.54, 1.807) is 6.20 Å². The third kappa shape index (κ3) is 1.95. The summed E-state index contributed by atoms with van der Waals surface area (Å²) < 4.78 is 0. The molecule has 88 valence electrons. The molecule has 5 nitrogen and oxygen atoms in total. The van der Waals surface area contributed by atoms with Crippen LogP contribution in [-0.2, 0) is 0 Å². The van der Waals surface area contributed by atoms with Crippen LogP contribution in [0.25, 0.3) is 0 Å². The molecule has 1 aliphatic heterocycles. The molecule has 1 saturated heterocycles. The van der Waals surface area contributed by atoms with Gasteiger partial charge in [0.2, 0.25) is 0 Å².